The van der Waals surface area contributed by atoms with Crippen molar-refractivity contribution in [2.75, 3.05) is 22.9 Å². The Kier molecular flexibility index (Phi) is 6.83. The van der Waals surface area contributed by atoms with Crippen molar-refractivity contribution in [3.8, 4) is 0 Å². The highest BCUT2D eigenvalue weighted by atomic mass is 19.4. The van der Waals surface area contributed by atoms with E-state index in [1.54, 1.807) is 4.90 Å². The lowest BCUT2D eigenvalue weighted by molar-refractivity contribution is -0.137. The lowest BCUT2D eigenvalue weighted by atomic mass is 10.1. The van der Waals surface area contributed by atoms with Crippen LogP contribution in [-0.4, -0.2) is 24.9 Å². The van der Waals surface area contributed by atoms with Crippen molar-refractivity contribution in [1.29, 1.82) is 0 Å². The zero-order chi connectivity index (χ0) is 20.9. The highest BCUT2D eigenvalue weighted by molar-refractivity contribution is 5.96. The standard InChI is InChI=1S/C21H23F3N2O2/c1-4-25(19-7-5-6-15(2)14-19)20(28)12-13-26(16(3)27)18-10-8-17(9-11-18)21(22,23)24/h5-11,14H,4,12-13H2,1-3H3. The summed E-state index contributed by atoms with van der Waals surface area (Å²) in [5.41, 5.74) is 1.34. The number of nitrogens with zero attached hydrogens (tertiary/aromatic N) is 2. The molecule has 0 atom stereocenters. The van der Waals surface area contributed by atoms with Crippen molar-refractivity contribution in [2.24, 2.45) is 0 Å². The van der Waals surface area contributed by atoms with Crippen LogP contribution in [-0.2, 0) is 15.8 Å². The largest absolute Gasteiger partial charge is 0.416 e. The van der Waals surface area contributed by atoms with Gasteiger partial charge in [0.05, 0.1) is 5.56 Å². The third-order valence-corrected chi connectivity index (χ3v) is 4.37. The van der Waals surface area contributed by atoms with Crippen LogP contribution >= 0.6 is 0 Å². The minimum atomic E-state index is -4.44. The van der Waals surface area contributed by atoms with E-state index < -0.39 is 11.7 Å². The first-order chi connectivity index (χ1) is 13.1. The predicted molar refractivity (Wildman–Crippen MR) is 103 cm³/mol. The van der Waals surface area contributed by atoms with Crippen molar-refractivity contribution in [3.63, 3.8) is 0 Å². The van der Waals surface area contributed by atoms with Gasteiger partial charge in [0.2, 0.25) is 11.8 Å². The Morgan fingerprint density at radius 3 is 2.11 bits per heavy atom. The molecule has 2 rings (SSSR count). The van der Waals surface area contributed by atoms with Crippen LogP contribution in [0, 0.1) is 6.92 Å². The van der Waals surface area contributed by atoms with Gasteiger partial charge in [0.25, 0.3) is 0 Å². The molecule has 2 aromatic carbocycles. The van der Waals surface area contributed by atoms with Crippen LogP contribution in [0.3, 0.4) is 0 Å². The highest BCUT2D eigenvalue weighted by Gasteiger charge is 2.30. The van der Waals surface area contributed by atoms with Gasteiger partial charge in [-0.1, -0.05) is 12.1 Å². The van der Waals surface area contributed by atoms with E-state index >= 15 is 0 Å². The summed E-state index contributed by atoms with van der Waals surface area (Å²) < 4.78 is 38.2. The number of rotatable bonds is 6. The number of halogens is 3. The molecule has 0 aliphatic rings. The summed E-state index contributed by atoms with van der Waals surface area (Å²) >= 11 is 0. The average molecular weight is 392 g/mol. The first-order valence-electron chi connectivity index (χ1n) is 8.96. The Morgan fingerprint density at radius 1 is 0.964 bits per heavy atom. The average Bonchev–Trinajstić information content (AvgIpc) is 2.62. The molecule has 28 heavy (non-hydrogen) atoms. The van der Waals surface area contributed by atoms with Crippen LogP contribution in [0.2, 0.25) is 0 Å². The van der Waals surface area contributed by atoms with Crippen molar-refractivity contribution >= 4 is 23.2 Å². The molecule has 150 valence electrons. The summed E-state index contributed by atoms with van der Waals surface area (Å²) in [6, 6.07) is 11.9. The number of amides is 2. The summed E-state index contributed by atoms with van der Waals surface area (Å²) in [4.78, 5) is 27.6. The molecular formula is C21H23F3N2O2. The Bertz CT molecular complexity index is 832. The van der Waals surface area contributed by atoms with Crippen LogP contribution in [0.4, 0.5) is 24.5 Å². The van der Waals surface area contributed by atoms with Crippen LogP contribution in [0.5, 0.6) is 0 Å². The van der Waals surface area contributed by atoms with E-state index in [4.69, 9.17) is 0 Å². The van der Waals surface area contributed by atoms with E-state index in [0.717, 1.165) is 23.4 Å². The Balaban J connectivity index is 2.12. The molecule has 2 amide bonds. The summed E-state index contributed by atoms with van der Waals surface area (Å²) in [7, 11) is 0. The topological polar surface area (TPSA) is 40.6 Å². The summed E-state index contributed by atoms with van der Waals surface area (Å²) in [6.07, 6.45) is -4.38. The fraction of sp³-hybridized carbons (Fsp3) is 0.333. The number of alkyl halides is 3. The van der Waals surface area contributed by atoms with Gasteiger partial charge in [0.1, 0.15) is 0 Å². The van der Waals surface area contributed by atoms with E-state index in [9.17, 15) is 22.8 Å². The molecule has 7 heteroatoms. The van der Waals surface area contributed by atoms with Gasteiger partial charge in [-0.2, -0.15) is 13.2 Å². The van der Waals surface area contributed by atoms with Gasteiger partial charge < -0.3 is 9.80 Å². The van der Waals surface area contributed by atoms with Crippen LogP contribution < -0.4 is 9.80 Å². The quantitative estimate of drug-likeness (QED) is 0.708. The number of carbonyl (C=O) groups excluding carboxylic acids is 2. The molecule has 0 spiro atoms. The zero-order valence-corrected chi connectivity index (χ0v) is 16.1. The van der Waals surface area contributed by atoms with Gasteiger partial charge in [-0.25, -0.2) is 0 Å². The third-order valence-electron chi connectivity index (χ3n) is 4.37. The lowest BCUT2D eigenvalue weighted by Gasteiger charge is -2.25. The van der Waals surface area contributed by atoms with Gasteiger partial charge >= 0.3 is 6.18 Å². The van der Waals surface area contributed by atoms with E-state index in [1.807, 2.05) is 38.1 Å². The molecule has 0 radical (unpaired) electrons. The van der Waals surface area contributed by atoms with E-state index in [1.165, 1.54) is 24.0 Å². The summed E-state index contributed by atoms with van der Waals surface area (Å²) in [5.74, 6) is -0.502. The molecule has 0 unspecified atom stereocenters. The van der Waals surface area contributed by atoms with Crippen molar-refractivity contribution in [2.45, 2.75) is 33.4 Å². The molecule has 0 saturated carbocycles. The first-order valence-corrected chi connectivity index (χ1v) is 8.96. The summed E-state index contributed by atoms with van der Waals surface area (Å²) in [6.45, 7) is 5.67. The number of carbonyl (C=O) groups is 2. The Labute approximate surface area is 162 Å². The molecule has 0 bridgehead atoms. The van der Waals surface area contributed by atoms with Gasteiger partial charge in [0.15, 0.2) is 0 Å². The number of benzene rings is 2. The second kappa shape index (κ2) is 8.91. The maximum absolute atomic E-state index is 12.7. The molecule has 0 aliphatic heterocycles. The molecule has 2 aromatic rings. The summed E-state index contributed by atoms with van der Waals surface area (Å²) in [5, 5.41) is 0. The van der Waals surface area contributed by atoms with E-state index in [-0.39, 0.29) is 24.8 Å². The minimum absolute atomic E-state index is 0.0579. The SMILES string of the molecule is CCN(C(=O)CCN(C(C)=O)c1ccc(C(F)(F)F)cc1)c1cccc(C)c1. The lowest BCUT2D eigenvalue weighted by Crippen LogP contribution is -2.36. The minimum Gasteiger partial charge on any atom is -0.313 e. The molecular weight excluding hydrogens is 369 g/mol. The molecule has 0 aliphatic carbocycles. The number of hydrogen-bond acceptors (Lipinski definition) is 2. The zero-order valence-electron chi connectivity index (χ0n) is 16.1. The normalized spacial score (nSPS) is 11.2. The molecule has 0 N–H and O–H groups in total. The predicted octanol–water partition coefficient (Wildman–Crippen LogP) is 4.81. The second-order valence-corrected chi connectivity index (χ2v) is 6.44. The Hall–Kier alpha value is -2.83. The second-order valence-electron chi connectivity index (χ2n) is 6.44. The fourth-order valence-electron chi connectivity index (χ4n) is 2.94. The van der Waals surface area contributed by atoms with Gasteiger partial charge in [-0.15, -0.1) is 0 Å². The van der Waals surface area contributed by atoms with Crippen LogP contribution in [0.1, 0.15) is 31.4 Å². The van der Waals surface area contributed by atoms with Crippen LogP contribution in [0.25, 0.3) is 0 Å². The highest BCUT2D eigenvalue weighted by Crippen LogP contribution is 2.30. The maximum Gasteiger partial charge on any atom is 0.416 e. The Morgan fingerprint density at radius 2 is 1.61 bits per heavy atom. The molecule has 0 fully saturated rings. The van der Waals surface area contributed by atoms with Crippen molar-refractivity contribution in [1.82, 2.24) is 0 Å². The van der Waals surface area contributed by atoms with Crippen molar-refractivity contribution < 1.29 is 22.8 Å². The number of hydrogen-bond donors (Lipinski definition) is 0. The molecule has 4 nitrogen and oxygen atoms in total. The first kappa shape index (κ1) is 21.5. The van der Waals surface area contributed by atoms with Gasteiger partial charge in [-0.3, -0.25) is 9.59 Å². The molecule has 0 heterocycles. The number of aryl methyl sites for hydroxylation is 1. The van der Waals surface area contributed by atoms with E-state index in [2.05, 4.69) is 0 Å². The van der Waals surface area contributed by atoms with E-state index in [0.29, 0.717) is 12.2 Å². The van der Waals surface area contributed by atoms with Crippen molar-refractivity contribution in [3.05, 3.63) is 59.7 Å². The van der Waals surface area contributed by atoms with Gasteiger partial charge in [0, 0.05) is 37.8 Å². The van der Waals surface area contributed by atoms with Gasteiger partial charge in [-0.05, 0) is 55.8 Å². The molecule has 0 saturated heterocycles. The fourth-order valence-corrected chi connectivity index (χ4v) is 2.94. The third kappa shape index (κ3) is 5.34. The maximum atomic E-state index is 12.7. The van der Waals surface area contributed by atoms with Crippen LogP contribution in [0.15, 0.2) is 48.5 Å². The number of anilines is 2. The monoisotopic (exact) mass is 392 g/mol. The smallest absolute Gasteiger partial charge is 0.313 e. The molecule has 0 aromatic heterocycles.